The topological polar surface area (TPSA) is 129 Å². The molecule has 0 spiro atoms. The number of carboxylic acid groups (broad SMARTS) is 1. The first-order valence-electron chi connectivity index (χ1n) is 9.10. The van der Waals surface area contributed by atoms with Gasteiger partial charge in [-0.3, -0.25) is 9.59 Å². The lowest BCUT2D eigenvalue weighted by atomic mass is 10.0. The van der Waals surface area contributed by atoms with Crippen LogP contribution in [0.4, 0.5) is 9.93 Å². The molecule has 1 saturated heterocycles. The number of anilines is 1. The van der Waals surface area contributed by atoms with Crippen molar-refractivity contribution in [3.63, 3.8) is 0 Å². The van der Waals surface area contributed by atoms with Crippen molar-refractivity contribution in [1.29, 1.82) is 0 Å². The molecule has 1 unspecified atom stereocenters. The van der Waals surface area contributed by atoms with Crippen molar-refractivity contribution in [1.82, 2.24) is 15.2 Å². The Hall–Kier alpha value is -3.27. The van der Waals surface area contributed by atoms with Crippen molar-refractivity contribution in [2.45, 2.75) is 38.3 Å². The van der Waals surface area contributed by atoms with Gasteiger partial charge in [-0.2, -0.15) is 0 Å². The van der Waals surface area contributed by atoms with Crippen LogP contribution in [0.1, 0.15) is 48.3 Å². The van der Waals surface area contributed by atoms with E-state index < -0.39 is 35.9 Å². The predicted molar refractivity (Wildman–Crippen MR) is 106 cm³/mol. The Morgan fingerprint density at radius 1 is 1.31 bits per heavy atom. The Balaban J connectivity index is 1.81. The lowest BCUT2D eigenvalue weighted by Gasteiger charge is -2.24. The van der Waals surface area contributed by atoms with Crippen molar-refractivity contribution in [2.75, 3.05) is 5.32 Å². The van der Waals surface area contributed by atoms with Crippen LogP contribution in [0.25, 0.3) is 0 Å². The minimum absolute atomic E-state index is 0.0977. The van der Waals surface area contributed by atoms with Crippen molar-refractivity contribution >= 4 is 40.3 Å². The first kappa shape index (κ1) is 20.5. The molecular weight excluding hydrogens is 396 g/mol. The van der Waals surface area contributed by atoms with Gasteiger partial charge in [0.2, 0.25) is 5.91 Å². The van der Waals surface area contributed by atoms with Crippen LogP contribution >= 0.6 is 11.3 Å². The molecule has 1 aliphatic heterocycles. The van der Waals surface area contributed by atoms with Crippen LogP contribution in [0.3, 0.4) is 0 Å². The van der Waals surface area contributed by atoms with Gasteiger partial charge in [0.05, 0.1) is 0 Å². The van der Waals surface area contributed by atoms with E-state index in [1.807, 2.05) is 6.92 Å². The monoisotopic (exact) mass is 416 g/mol. The number of thiazole rings is 1. The average molecular weight is 416 g/mol. The molecule has 2 aromatic rings. The van der Waals surface area contributed by atoms with Crippen LogP contribution in [-0.4, -0.2) is 44.8 Å². The summed E-state index contributed by atoms with van der Waals surface area (Å²) in [5.41, 5.74) is 0.448. The Bertz CT molecular complexity index is 930. The summed E-state index contributed by atoms with van der Waals surface area (Å²) in [4.78, 5) is 54.1. The Kier molecular flexibility index (Phi) is 6.23. The first-order valence-corrected chi connectivity index (χ1v) is 9.98. The zero-order valence-electron chi connectivity index (χ0n) is 15.6. The number of amides is 4. The van der Waals surface area contributed by atoms with Gasteiger partial charge in [0, 0.05) is 5.38 Å². The highest BCUT2D eigenvalue weighted by Gasteiger charge is 2.45. The van der Waals surface area contributed by atoms with E-state index in [4.69, 9.17) is 5.11 Å². The minimum Gasteiger partial charge on any atom is -0.476 e. The van der Waals surface area contributed by atoms with Gasteiger partial charge in [0.25, 0.3) is 5.91 Å². The third-order valence-corrected chi connectivity index (χ3v) is 5.26. The molecule has 9 nitrogen and oxygen atoms in total. The van der Waals surface area contributed by atoms with Crippen molar-refractivity contribution < 1.29 is 24.3 Å². The average Bonchev–Trinajstić information content (AvgIpc) is 3.28. The van der Waals surface area contributed by atoms with Gasteiger partial charge >= 0.3 is 12.0 Å². The van der Waals surface area contributed by atoms with E-state index in [1.165, 1.54) is 5.38 Å². The summed E-state index contributed by atoms with van der Waals surface area (Å²) in [6.45, 7) is 1.94. The van der Waals surface area contributed by atoms with E-state index in [9.17, 15) is 19.2 Å². The molecule has 2 heterocycles. The number of hydrogen-bond donors (Lipinski definition) is 3. The van der Waals surface area contributed by atoms with Crippen molar-refractivity contribution in [3.05, 3.63) is 47.0 Å². The van der Waals surface area contributed by atoms with Gasteiger partial charge in [-0.05, 0) is 12.0 Å². The minimum atomic E-state index is -1.20. The quantitative estimate of drug-likeness (QED) is 0.568. The number of nitrogens with one attached hydrogen (secondary N) is 2. The molecule has 0 radical (unpaired) electrons. The summed E-state index contributed by atoms with van der Waals surface area (Å²) in [6, 6.07) is 6.30. The highest BCUT2D eigenvalue weighted by molar-refractivity contribution is 7.14. The number of benzene rings is 1. The highest BCUT2D eigenvalue weighted by atomic mass is 32.1. The molecule has 3 N–H and O–H groups in total. The number of aromatic nitrogens is 1. The van der Waals surface area contributed by atoms with Gasteiger partial charge in [0.1, 0.15) is 12.1 Å². The van der Waals surface area contributed by atoms with E-state index in [0.717, 1.165) is 22.7 Å². The maximum atomic E-state index is 12.9. The molecule has 1 aliphatic rings. The molecule has 0 saturated carbocycles. The summed E-state index contributed by atoms with van der Waals surface area (Å²) in [6.07, 6.45) is 1.69. The molecule has 2 atom stereocenters. The number of nitrogens with zero attached hydrogens (tertiary/aromatic N) is 2. The van der Waals surface area contributed by atoms with E-state index in [1.54, 1.807) is 30.3 Å². The lowest BCUT2D eigenvalue weighted by Crippen LogP contribution is -2.47. The van der Waals surface area contributed by atoms with Gasteiger partial charge in [-0.1, -0.05) is 50.1 Å². The molecule has 4 amide bonds. The lowest BCUT2D eigenvalue weighted by molar-refractivity contribution is -0.134. The molecule has 1 aromatic carbocycles. The second kappa shape index (κ2) is 8.82. The fourth-order valence-electron chi connectivity index (χ4n) is 3.05. The Labute approximate surface area is 170 Å². The van der Waals surface area contributed by atoms with Crippen LogP contribution < -0.4 is 10.6 Å². The fraction of sp³-hybridized carbons (Fsp3) is 0.316. The third kappa shape index (κ3) is 4.43. The highest BCUT2D eigenvalue weighted by Crippen LogP contribution is 2.26. The molecule has 0 bridgehead atoms. The SMILES string of the molecule is CCCCC(C(=O)Nc1nc(C(=O)O)cs1)N1C(=O)N[C@@H](c2ccccc2)C1=O. The van der Waals surface area contributed by atoms with E-state index in [0.29, 0.717) is 18.4 Å². The molecular formula is C19H20N4O5S. The second-order valence-corrected chi connectivity index (χ2v) is 7.35. The van der Waals surface area contributed by atoms with E-state index in [2.05, 4.69) is 15.6 Å². The van der Waals surface area contributed by atoms with Crippen molar-refractivity contribution in [3.8, 4) is 0 Å². The zero-order valence-corrected chi connectivity index (χ0v) is 16.4. The number of aromatic carboxylic acids is 1. The summed E-state index contributed by atoms with van der Waals surface area (Å²) < 4.78 is 0. The second-order valence-electron chi connectivity index (χ2n) is 6.49. The van der Waals surface area contributed by atoms with Crippen molar-refractivity contribution in [2.24, 2.45) is 0 Å². The number of urea groups is 1. The number of rotatable bonds is 8. The number of unbranched alkanes of at least 4 members (excludes halogenated alkanes) is 1. The molecule has 3 rings (SSSR count). The smallest absolute Gasteiger partial charge is 0.355 e. The molecule has 0 aliphatic carbocycles. The van der Waals surface area contributed by atoms with Crippen LogP contribution in [-0.2, 0) is 9.59 Å². The maximum Gasteiger partial charge on any atom is 0.355 e. The molecule has 1 fully saturated rings. The number of carboxylic acids is 1. The van der Waals surface area contributed by atoms with Crippen LogP contribution in [0, 0.1) is 0 Å². The summed E-state index contributed by atoms with van der Waals surface area (Å²) >= 11 is 0.961. The normalized spacial score (nSPS) is 17.1. The van der Waals surface area contributed by atoms with Gasteiger partial charge < -0.3 is 15.7 Å². The van der Waals surface area contributed by atoms with Crippen LogP contribution in [0.2, 0.25) is 0 Å². The number of imide groups is 1. The number of carbonyl (C=O) groups excluding carboxylic acids is 3. The number of hydrogen-bond acceptors (Lipinski definition) is 6. The molecule has 1 aromatic heterocycles. The first-order chi connectivity index (χ1) is 13.9. The number of carbonyl (C=O) groups is 4. The van der Waals surface area contributed by atoms with Crippen LogP contribution in [0.5, 0.6) is 0 Å². The third-order valence-electron chi connectivity index (χ3n) is 4.50. The molecule has 152 valence electrons. The molecule has 29 heavy (non-hydrogen) atoms. The standard InChI is InChI=1S/C19H20N4O5S/c1-2-3-9-13(15(24)22-18-20-12(10-29-18)17(26)27)23-16(25)14(21-19(23)28)11-7-5-4-6-8-11/h4-8,10,13-14H,2-3,9H2,1H3,(H,21,28)(H,26,27)(H,20,22,24)/t13?,14-/m0/s1. The summed E-state index contributed by atoms with van der Waals surface area (Å²) in [5.74, 6) is -2.28. The van der Waals surface area contributed by atoms with E-state index >= 15 is 0 Å². The van der Waals surface area contributed by atoms with Crippen LogP contribution in [0.15, 0.2) is 35.7 Å². The van der Waals surface area contributed by atoms with Gasteiger partial charge in [0.15, 0.2) is 10.8 Å². The van der Waals surface area contributed by atoms with Gasteiger partial charge in [-0.15, -0.1) is 11.3 Å². The predicted octanol–water partition coefficient (Wildman–Crippen LogP) is 2.63. The summed E-state index contributed by atoms with van der Waals surface area (Å²) in [7, 11) is 0. The fourth-order valence-corrected chi connectivity index (χ4v) is 3.74. The Morgan fingerprint density at radius 3 is 2.66 bits per heavy atom. The zero-order chi connectivity index (χ0) is 21.0. The maximum absolute atomic E-state index is 12.9. The summed E-state index contributed by atoms with van der Waals surface area (Å²) in [5, 5.41) is 15.5. The Morgan fingerprint density at radius 2 is 2.03 bits per heavy atom. The van der Waals surface area contributed by atoms with Gasteiger partial charge in [-0.25, -0.2) is 19.5 Å². The largest absolute Gasteiger partial charge is 0.476 e. The molecule has 10 heteroatoms. The van der Waals surface area contributed by atoms with E-state index in [-0.39, 0.29) is 10.8 Å².